The molecule has 2 saturated heterocycles. The van der Waals surface area contributed by atoms with Gasteiger partial charge in [-0.1, -0.05) is 0 Å². The molecule has 70 valence electrons. The minimum Gasteiger partial charge on any atom is -0.380 e. The van der Waals surface area contributed by atoms with Crippen LogP contribution in [0.1, 0.15) is 19.8 Å². The number of hydrogen-bond acceptors (Lipinski definition) is 3. The molecular weight excluding hydrogens is 154 g/mol. The lowest BCUT2D eigenvalue weighted by Crippen LogP contribution is -2.48. The zero-order chi connectivity index (χ0) is 8.44. The first-order valence-corrected chi connectivity index (χ1v) is 4.72. The van der Waals surface area contributed by atoms with Crippen molar-refractivity contribution in [2.45, 2.75) is 31.3 Å². The van der Waals surface area contributed by atoms with Gasteiger partial charge < -0.3 is 14.8 Å². The fraction of sp³-hybridized carbons (Fsp3) is 1.00. The van der Waals surface area contributed by atoms with Gasteiger partial charge in [-0.3, -0.25) is 0 Å². The molecule has 2 unspecified atom stereocenters. The van der Waals surface area contributed by atoms with Gasteiger partial charge in [-0.05, 0) is 19.8 Å². The van der Waals surface area contributed by atoms with Crippen molar-refractivity contribution in [2.24, 2.45) is 0 Å². The second-order valence-electron chi connectivity index (χ2n) is 4.07. The normalized spacial score (nSPS) is 42.2. The molecule has 3 nitrogen and oxygen atoms in total. The summed E-state index contributed by atoms with van der Waals surface area (Å²) in [5, 5.41) is 3.60. The van der Waals surface area contributed by atoms with Crippen molar-refractivity contribution >= 4 is 0 Å². The monoisotopic (exact) mass is 171 g/mol. The van der Waals surface area contributed by atoms with Crippen LogP contribution in [0.2, 0.25) is 0 Å². The van der Waals surface area contributed by atoms with Crippen LogP contribution in [-0.2, 0) is 9.47 Å². The Hall–Kier alpha value is -0.120. The van der Waals surface area contributed by atoms with E-state index in [9.17, 15) is 0 Å². The molecule has 2 fully saturated rings. The van der Waals surface area contributed by atoms with Crippen LogP contribution in [0.15, 0.2) is 0 Å². The van der Waals surface area contributed by atoms with Gasteiger partial charge in [0.25, 0.3) is 0 Å². The molecule has 0 aromatic carbocycles. The highest BCUT2D eigenvalue weighted by atomic mass is 16.5. The van der Waals surface area contributed by atoms with Crippen molar-refractivity contribution in [3.8, 4) is 0 Å². The summed E-state index contributed by atoms with van der Waals surface area (Å²) in [5.41, 5.74) is 0.207. The van der Waals surface area contributed by atoms with Gasteiger partial charge in [-0.15, -0.1) is 0 Å². The van der Waals surface area contributed by atoms with E-state index in [1.54, 1.807) is 0 Å². The summed E-state index contributed by atoms with van der Waals surface area (Å²) < 4.78 is 10.7. The van der Waals surface area contributed by atoms with Crippen LogP contribution in [0.3, 0.4) is 0 Å². The van der Waals surface area contributed by atoms with Crippen LogP contribution in [0, 0.1) is 0 Å². The minimum atomic E-state index is 0.207. The van der Waals surface area contributed by atoms with Gasteiger partial charge in [0.15, 0.2) is 0 Å². The molecule has 12 heavy (non-hydrogen) atoms. The molecule has 0 aliphatic carbocycles. The smallest absolute Gasteiger partial charge is 0.0646 e. The van der Waals surface area contributed by atoms with E-state index in [0.29, 0.717) is 6.04 Å². The SMILES string of the molecule is CC1(NC2CCOC2)CCOC1. The molecule has 0 aromatic heterocycles. The maximum absolute atomic E-state index is 5.37. The molecule has 2 aliphatic rings. The van der Waals surface area contributed by atoms with Crippen LogP contribution in [0.5, 0.6) is 0 Å². The molecular formula is C9H17NO2. The lowest BCUT2D eigenvalue weighted by molar-refractivity contribution is 0.157. The van der Waals surface area contributed by atoms with Crippen LogP contribution < -0.4 is 5.32 Å². The topological polar surface area (TPSA) is 30.5 Å². The lowest BCUT2D eigenvalue weighted by Gasteiger charge is -2.27. The summed E-state index contributed by atoms with van der Waals surface area (Å²) in [6, 6.07) is 0.552. The van der Waals surface area contributed by atoms with E-state index < -0.39 is 0 Å². The molecule has 0 spiro atoms. The van der Waals surface area contributed by atoms with Gasteiger partial charge in [0.1, 0.15) is 0 Å². The van der Waals surface area contributed by atoms with Crippen LogP contribution >= 0.6 is 0 Å². The molecule has 2 heterocycles. The van der Waals surface area contributed by atoms with Crippen molar-refractivity contribution in [3.05, 3.63) is 0 Å². The Labute approximate surface area is 73.4 Å². The third-order valence-corrected chi connectivity index (χ3v) is 2.70. The molecule has 0 amide bonds. The summed E-state index contributed by atoms with van der Waals surface area (Å²) in [4.78, 5) is 0. The quantitative estimate of drug-likeness (QED) is 0.658. The average molecular weight is 171 g/mol. The first-order chi connectivity index (χ1) is 5.79. The number of ether oxygens (including phenoxy) is 2. The molecule has 0 saturated carbocycles. The third kappa shape index (κ3) is 1.79. The van der Waals surface area contributed by atoms with Gasteiger partial charge in [0.2, 0.25) is 0 Å². The predicted octanol–water partition coefficient (Wildman–Crippen LogP) is 0.544. The van der Waals surface area contributed by atoms with E-state index in [0.717, 1.165) is 39.3 Å². The standard InChI is InChI=1S/C9H17NO2/c1-9(3-5-12-7-9)10-8-2-4-11-6-8/h8,10H,2-7H2,1H3. The van der Waals surface area contributed by atoms with Crippen molar-refractivity contribution in [2.75, 3.05) is 26.4 Å². The Bertz CT molecular complexity index is 149. The molecule has 2 atom stereocenters. The fourth-order valence-electron chi connectivity index (χ4n) is 1.92. The molecule has 2 aliphatic heterocycles. The Morgan fingerprint density at radius 2 is 2.25 bits per heavy atom. The van der Waals surface area contributed by atoms with Gasteiger partial charge in [-0.2, -0.15) is 0 Å². The summed E-state index contributed by atoms with van der Waals surface area (Å²) in [6.45, 7) is 5.77. The highest BCUT2D eigenvalue weighted by Crippen LogP contribution is 2.20. The molecule has 0 aromatic rings. The van der Waals surface area contributed by atoms with Gasteiger partial charge in [0, 0.05) is 24.8 Å². The number of nitrogens with one attached hydrogen (secondary N) is 1. The molecule has 0 radical (unpaired) electrons. The molecule has 3 heteroatoms. The van der Waals surface area contributed by atoms with E-state index >= 15 is 0 Å². The largest absolute Gasteiger partial charge is 0.380 e. The van der Waals surface area contributed by atoms with E-state index in [1.165, 1.54) is 0 Å². The third-order valence-electron chi connectivity index (χ3n) is 2.70. The first kappa shape index (κ1) is 8.48. The highest BCUT2D eigenvalue weighted by molar-refractivity contribution is 4.90. The van der Waals surface area contributed by atoms with E-state index in [1.807, 2.05) is 0 Å². The summed E-state index contributed by atoms with van der Waals surface area (Å²) >= 11 is 0. The van der Waals surface area contributed by atoms with E-state index in [-0.39, 0.29) is 5.54 Å². The van der Waals surface area contributed by atoms with Gasteiger partial charge in [-0.25, -0.2) is 0 Å². The number of rotatable bonds is 2. The van der Waals surface area contributed by atoms with E-state index in [2.05, 4.69) is 12.2 Å². The van der Waals surface area contributed by atoms with Crippen LogP contribution in [0.25, 0.3) is 0 Å². The predicted molar refractivity (Wildman–Crippen MR) is 46.2 cm³/mol. The summed E-state index contributed by atoms with van der Waals surface area (Å²) in [7, 11) is 0. The maximum Gasteiger partial charge on any atom is 0.0646 e. The second kappa shape index (κ2) is 3.32. The second-order valence-corrected chi connectivity index (χ2v) is 4.07. The van der Waals surface area contributed by atoms with Crippen LogP contribution in [0.4, 0.5) is 0 Å². The van der Waals surface area contributed by atoms with Gasteiger partial charge in [0.05, 0.1) is 13.2 Å². The fourth-order valence-corrected chi connectivity index (χ4v) is 1.92. The maximum atomic E-state index is 5.37. The summed E-state index contributed by atoms with van der Waals surface area (Å²) in [6.07, 6.45) is 2.28. The Morgan fingerprint density at radius 3 is 2.83 bits per heavy atom. The van der Waals surface area contributed by atoms with Gasteiger partial charge >= 0.3 is 0 Å². The zero-order valence-corrected chi connectivity index (χ0v) is 7.64. The van der Waals surface area contributed by atoms with Crippen molar-refractivity contribution < 1.29 is 9.47 Å². The van der Waals surface area contributed by atoms with Crippen molar-refractivity contribution in [3.63, 3.8) is 0 Å². The number of hydrogen-bond donors (Lipinski definition) is 1. The average Bonchev–Trinajstić information content (AvgIpc) is 2.62. The first-order valence-electron chi connectivity index (χ1n) is 4.72. The molecule has 1 N–H and O–H groups in total. The van der Waals surface area contributed by atoms with Crippen molar-refractivity contribution in [1.29, 1.82) is 0 Å². The van der Waals surface area contributed by atoms with Crippen molar-refractivity contribution in [1.82, 2.24) is 5.32 Å². The minimum absolute atomic E-state index is 0.207. The lowest BCUT2D eigenvalue weighted by atomic mass is 10.00. The highest BCUT2D eigenvalue weighted by Gasteiger charge is 2.32. The Balaban J connectivity index is 1.83. The zero-order valence-electron chi connectivity index (χ0n) is 7.64. The molecule has 2 rings (SSSR count). The Kier molecular flexibility index (Phi) is 2.35. The molecule has 0 bridgehead atoms. The van der Waals surface area contributed by atoms with Crippen LogP contribution in [-0.4, -0.2) is 38.0 Å². The summed E-state index contributed by atoms with van der Waals surface area (Å²) in [5.74, 6) is 0. The van der Waals surface area contributed by atoms with E-state index in [4.69, 9.17) is 9.47 Å². The Morgan fingerprint density at radius 1 is 1.33 bits per heavy atom.